The lowest BCUT2D eigenvalue weighted by Gasteiger charge is -2.40. The summed E-state index contributed by atoms with van der Waals surface area (Å²) in [6.07, 6.45) is 1.55. The number of amidine groups is 1. The summed E-state index contributed by atoms with van der Waals surface area (Å²) in [6, 6.07) is 7.34. The molecule has 2 aromatic rings. The van der Waals surface area contributed by atoms with E-state index in [1.807, 2.05) is 19.9 Å². The van der Waals surface area contributed by atoms with E-state index in [2.05, 4.69) is 44.2 Å². The van der Waals surface area contributed by atoms with Crippen LogP contribution < -0.4 is 5.32 Å². The second kappa shape index (κ2) is 14.6. The Balaban J connectivity index is 1.88. The van der Waals surface area contributed by atoms with Crippen LogP contribution in [-0.4, -0.2) is 90.4 Å². The number of carbonyl (C=O) groups excluding carboxylic acids is 3. The molecule has 0 unspecified atom stereocenters. The van der Waals surface area contributed by atoms with Gasteiger partial charge in [0.05, 0.1) is 25.3 Å². The average Bonchev–Trinajstić information content (AvgIpc) is 3.63. The third-order valence-corrected chi connectivity index (χ3v) is 14.0. The number of benzene rings is 1. The van der Waals surface area contributed by atoms with Crippen molar-refractivity contribution in [1.82, 2.24) is 15.2 Å². The van der Waals surface area contributed by atoms with Crippen LogP contribution in [0.1, 0.15) is 94.8 Å². The SMILES string of the molecule is CCOC(=O)c1[nH]cc([C@@H]2[C@H]3OC(C)(C)O[C@@H]3[C@@H](CO[Si](C)(C)C(C)(C)C)N2C(=O)OC(C)(C)C)c1N=C(NC(=O)c1ccccc1)SC. The van der Waals surface area contributed by atoms with Crippen molar-refractivity contribution in [1.29, 1.82) is 0 Å². The first-order valence-corrected chi connectivity index (χ1v) is 20.7. The number of likely N-dealkylation sites (tertiary alicyclic amines) is 1. The predicted molar refractivity (Wildman–Crippen MR) is 193 cm³/mol. The maximum atomic E-state index is 14.3. The molecule has 2 saturated heterocycles. The van der Waals surface area contributed by atoms with Gasteiger partial charge in [-0.1, -0.05) is 50.7 Å². The highest BCUT2D eigenvalue weighted by molar-refractivity contribution is 8.13. The van der Waals surface area contributed by atoms with Crippen molar-refractivity contribution < 1.29 is 37.8 Å². The summed E-state index contributed by atoms with van der Waals surface area (Å²) in [5.41, 5.74) is 0.376. The minimum atomic E-state index is -2.27. The van der Waals surface area contributed by atoms with E-state index in [-0.39, 0.29) is 40.7 Å². The van der Waals surface area contributed by atoms with Gasteiger partial charge >= 0.3 is 12.1 Å². The van der Waals surface area contributed by atoms with Crippen LogP contribution in [0.2, 0.25) is 18.1 Å². The standard InChI is InChI=1S/C35H52N4O8SSi/c1-13-43-30(41)25-24(37-31(48-10)38-29(40)21-17-15-14-16-18-21)22(19-36-25)26-28-27(45-35(8,9)46-28)23(20-44-49(11,12)34(5,6)7)39(26)32(42)47-33(2,3)4/h14-19,23,26-28,36H,13,20H2,1-12H3,(H,37,38,40)/t23-,26-,27-,28-/m1/s1. The Bertz CT molecular complexity index is 1550. The summed E-state index contributed by atoms with van der Waals surface area (Å²) >= 11 is 1.20. The maximum absolute atomic E-state index is 14.3. The second-order valence-electron chi connectivity index (χ2n) is 15.2. The van der Waals surface area contributed by atoms with E-state index >= 15 is 0 Å². The third kappa shape index (κ3) is 8.77. The largest absolute Gasteiger partial charge is 0.461 e. The van der Waals surface area contributed by atoms with Crippen molar-refractivity contribution in [2.24, 2.45) is 4.99 Å². The number of carbonyl (C=O) groups is 3. The number of aromatic amines is 1. The smallest absolute Gasteiger partial charge is 0.411 e. The number of H-pyrrole nitrogens is 1. The highest BCUT2D eigenvalue weighted by Crippen LogP contribution is 2.51. The number of thioether (sulfide) groups is 1. The van der Waals surface area contributed by atoms with E-state index in [1.165, 1.54) is 11.8 Å². The summed E-state index contributed by atoms with van der Waals surface area (Å²) < 4.78 is 31.1. The van der Waals surface area contributed by atoms with E-state index in [9.17, 15) is 14.4 Å². The van der Waals surface area contributed by atoms with Gasteiger partial charge in [-0.3, -0.25) is 9.69 Å². The van der Waals surface area contributed by atoms with E-state index in [0.717, 1.165) is 0 Å². The molecule has 4 atom stereocenters. The van der Waals surface area contributed by atoms with Crippen molar-refractivity contribution >= 4 is 48.9 Å². The number of nitrogens with zero attached hydrogens (tertiary/aromatic N) is 2. The Morgan fingerprint density at radius 3 is 2.27 bits per heavy atom. The molecule has 2 aliphatic heterocycles. The van der Waals surface area contributed by atoms with Crippen LogP contribution in [0.5, 0.6) is 0 Å². The van der Waals surface area contributed by atoms with Gasteiger partial charge in [0.2, 0.25) is 0 Å². The van der Waals surface area contributed by atoms with Crippen LogP contribution in [0.4, 0.5) is 10.5 Å². The molecular weight excluding hydrogens is 665 g/mol. The summed E-state index contributed by atoms with van der Waals surface area (Å²) in [5, 5.41) is 3.01. The van der Waals surface area contributed by atoms with Crippen LogP contribution in [0, 0.1) is 0 Å². The Kier molecular flexibility index (Phi) is 11.5. The van der Waals surface area contributed by atoms with Gasteiger partial charge in [-0.25, -0.2) is 14.6 Å². The predicted octanol–water partition coefficient (Wildman–Crippen LogP) is 7.17. The molecule has 3 heterocycles. The highest BCUT2D eigenvalue weighted by atomic mass is 32.2. The van der Waals surface area contributed by atoms with Gasteiger partial charge < -0.3 is 33.7 Å². The van der Waals surface area contributed by atoms with Gasteiger partial charge in [0.25, 0.3) is 5.91 Å². The van der Waals surface area contributed by atoms with Crippen molar-refractivity contribution in [3.8, 4) is 0 Å². The first kappa shape index (κ1) is 38.6. The molecule has 2 amide bonds. The summed E-state index contributed by atoms with van der Waals surface area (Å²) in [5.74, 6) is -1.97. The van der Waals surface area contributed by atoms with E-state index in [4.69, 9.17) is 28.4 Å². The number of aromatic nitrogens is 1. The van der Waals surface area contributed by atoms with Crippen LogP contribution in [0.15, 0.2) is 41.5 Å². The van der Waals surface area contributed by atoms with Gasteiger partial charge in [0.1, 0.15) is 23.5 Å². The van der Waals surface area contributed by atoms with Crippen LogP contribution in [0.3, 0.4) is 0 Å². The van der Waals surface area contributed by atoms with Gasteiger partial charge in [-0.2, -0.15) is 0 Å². The fourth-order valence-corrected chi connectivity index (χ4v) is 6.98. The van der Waals surface area contributed by atoms with Crippen molar-refractivity contribution in [3.63, 3.8) is 0 Å². The number of aliphatic imine (C=N–C) groups is 1. The fourth-order valence-electron chi connectivity index (χ4n) is 5.58. The number of hydrogen-bond acceptors (Lipinski definition) is 10. The zero-order chi connectivity index (χ0) is 36.5. The number of amides is 2. The monoisotopic (exact) mass is 716 g/mol. The van der Waals surface area contributed by atoms with E-state index in [1.54, 1.807) is 69.3 Å². The van der Waals surface area contributed by atoms with Crippen molar-refractivity contribution in [2.45, 2.75) is 116 Å². The highest BCUT2D eigenvalue weighted by Gasteiger charge is 2.61. The molecule has 1 aromatic heterocycles. The molecule has 0 radical (unpaired) electrons. The lowest BCUT2D eigenvalue weighted by molar-refractivity contribution is -0.168. The fraction of sp³-hybridized carbons (Fsp3) is 0.600. The minimum absolute atomic E-state index is 0.0668. The summed E-state index contributed by atoms with van der Waals surface area (Å²) in [6.45, 7) is 21.9. The molecule has 49 heavy (non-hydrogen) atoms. The van der Waals surface area contributed by atoms with Crippen LogP contribution >= 0.6 is 11.8 Å². The molecule has 1 aromatic carbocycles. The molecule has 0 aliphatic carbocycles. The molecule has 0 saturated carbocycles. The minimum Gasteiger partial charge on any atom is -0.461 e. The Labute approximate surface area is 295 Å². The Hall–Kier alpha value is -3.17. The maximum Gasteiger partial charge on any atom is 0.411 e. The molecular formula is C35H52N4O8SSi. The summed E-state index contributed by atoms with van der Waals surface area (Å²) in [4.78, 5) is 50.2. The lowest BCUT2D eigenvalue weighted by atomic mass is 10.0. The number of ether oxygens (including phenoxy) is 4. The molecule has 12 nitrogen and oxygen atoms in total. The topological polar surface area (TPSA) is 141 Å². The van der Waals surface area contributed by atoms with E-state index in [0.29, 0.717) is 11.1 Å². The van der Waals surface area contributed by atoms with Crippen molar-refractivity contribution in [2.75, 3.05) is 19.5 Å². The number of nitrogens with one attached hydrogen (secondary N) is 2. The van der Waals surface area contributed by atoms with Gasteiger partial charge in [0.15, 0.2) is 25.0 Å². The first-order valence-electron chi connectivity index (χ1n) is 16.6. The Morgan fingerprint density at radius 2 is 1.69 bits per heavy atom. The molecule has 4 rings (SSSR count). The molecule has 2 fully saturated rings. The number of hydrogen-bond donors (Lipinski definition) is 2. The number of esters is 1. The molecule has 2 aliphatic rings. The quantitative estimate of drug-likeness (QED) is 0.126. The molecule has 2 N–H and O–H groups in total. The first-order chi connectivity index (χ1) is 22.7. The molecule has 14 heteroatoms. The van der Waals surface area contributed by atoms with Gasteiger partial charge in [0, 0.05) is 17.3 Å². The Morgan fingerprint density at radius 1 is 1.06 bits per heavy atom. The van der Waals surface area contributed by atoms with Crippen LogP contribution in [0.25, 0.3) is 0 Å². The normalized spacial score (nSPS) is 22.5. The molecule has 270 valence electrons. The van der Waals surface area contributed by atoms with Crippen LogP contribution in [-0.2, 0) is 23.4 Å². The van der Waals surface area contributed by atoms with Gasteiger partial charge in [-0.15, -0.1) is 0 Å². The average molecular weight is 717 g/mol. The zero-order valence-corrected chi connectivity index (χ0v) is 32.6. The number of fused-ring (bicyclic) bond motifs is 1. The van der Waals surface area contributed by atoms with E-state index < -0.39 is 56.1 Å². The van der Waals surface area contributed by atoms with Crippen molar-refractivity contribution in [3.05, 3.63) is 53.3 Å². The zero-order valence-electron chi connectivity index (χ0n) is 30.8. The second-order valence-corrected chi connectivity index (χ2v) is 20.8. The van der Waals surface area contributed by atoms with Gasteiger partial charge in [-0.05, 0) is 78.1 Å². The molecule has 0 spiro atoms. The molecule has 0 bridgehead atoms. The summed E-state index contributed by atoms with van der Waals surface area (Å²) in [7, 11) is -2.27. The third-order valence-electron chi connectivity index (χ3n) is 8.88. The lowest BCUT2D eigenvalue weighted by Crippen LogP contribution is -2.50. The number of rotatable bonds is 8.